The van der Waals surface area contributed by atoms with Gasteiger partial charge in [0.2, 0.25) is 0 Å². The Balaban J connectivity index is 1.01. The summed E-state index contributed by atoms with van der Waals surface area (Å²) >= 11 is 0. The second-order valence-corrected chi connectivity index (χ2v) is 16.5. The van der Waals surface area contributed by atoms with Crippen LogP contribution in [0.1, 0.15) is 22.3 Å². The first-order valence-electron chi connectivity index (χ1n) is 21.8. The molecule has 0 atom stereocenters. The van der Waals surface area contributed by atoms with Crippen molar-refractivity contribution in [1.82, 2.24) is 9.13 Å². The third-order valence-corrected chi connectivity index (χ3v) is 13.1. The van der Waals surface area contributed by atoms with Gasteiger partial charge in [0, 0.05) is 32.9 Å². The molecule has 2 heterocycles. The topological polar surface area (TPSA) is 9.86 Å². The van der Waals surface area contributed by atoms with Gasteiger partial charge in [-0.15, -0.1) is 0 Å². The van der Waals surface area contributed by atoms with Crippen LogP contribution in [0.5, 0.6) is 0 Å². The summed E-state index contributed by atoms with van der Waals surface area (Å²) in [4.78, 5) is 0. The van der Waals surface area contributed by atoms with E-state index in [0.717, 1.165) is 5.69 Å². The number of hydrogen-bond donors (Lipinski definition) is 0. The Kier molecular flexibility index (Phi) is 8.76. The summed E-state index contributed by atoms with van der Waals surface area (Å²) in [7, 11) is 0. The number of para-hydroxylation sites is 3. The fourth-order valence-electron chi connectivity index (χ4n) is 10.2. The van der Waals surface area contributed by atoms with Gasteiger partial charge in [0.15, 0.2) is 0 Å². The SMILES string of the molecule is c1ccc(-n2c3ccccc3c3cc(-c4ccc(-c5ccc6c(c5)c5cc(C(c7ccccc7)(c7ccccc7)c7ccccc7)ccc5n6-c5ccccc5)cc4)ccc32)cc1. The summed E-state index contributed by atoms with van der Waals surface area (Å²) < 4.78 is 4.79. The van der Waals surface area contributed by atoms with Crippen LogP contribution in [0.25, 0.3) is 77.2 Å². The average Bonchev–Trinajstić information content (AvgIpc) is 3.88. The van der Waals surface area contributed by atoms with Crippen molar-refractivity contribution in [3.8, 4) is 33.6 Å². The molecule has 0 bridgehead atoms. The van der Waals surface area contributed by atoms with E-state index in [1.807, 2.05) is 0 Å². The number of benzene rings is 10. The average molecular weight is 803 g/mol. The van der Waals surface area contributed by atoms with Crippen LogP contribution in [0.2, 0.25) is 0 Å². The lowest BCUT2D eigenvalue weighted by atomic mass is 9.65. The van der Waals surface area contributed by atoms with Gasteiger partial charge in [0.1, 0.15) is 0 Å². The summed E-state index contributed by atoms with van der Waals surface area (Å²) in [5.41, 5.74) is 16.3. The van der Waals surface area contributed by atoms with Gasteiger partial charge in [-0.3, -0.25) is 0 Å². The van der Waals surface area contributed by atoms with Crippen molar-refractivity contribution in [2.45, 2.75) is 5.41 Å². The monoisotopic (exact) mass is 802 g/mol. The number of nitrogens with zero attached hydrogens (tertiary/aromatic N) is 2. The first-order valence-corrected chi connectivity index (χ1v) is 21.8. The minimum atomic E-state index is -0.550. The van der Waals surface area contributed by atoms with Crippen LogP contribution >= 0.6 is 0 Å². The van der Waals surface area contributed by atoms with Gasteiger partial charge >= 0.3 is 0 Å². The molecule has 0 N–H and O–H groups in total. The van der Waals surface area contributed by atoms with Crippen LogP contribution in [-0.4, -0.2) is 9.13 Å². The summed E-state index contributed by atoms with van der Waals surface area (Å²) in [6, 6.07) is 93.2. The molecule has 2 nitrogen and oxygen atoms in total. The van der Waals surface area contributed by atoms with Gasteiger partial charge in [-0.05, 0) is 111 Å². The van der Waals surface area contributed by atoms with E-state index in [4.69, 9.17) is 0 Å². The lowest BCUT2D eigenvalue weighted by Gasteiger charge is -2.37. The molecular formula is C61H42N2. The third kappa shape index (κ3) is 5.95. The van der Waals surface area contributed by atoms with Crippen LogP contribution < -0.4 is 0 Å². The van der Waals surface area contributed by atoms with Crippen molar-refractivity contribution in [3.63, 3.8) is 0 Å². The van der Waals surface area contributed by atoms with Gasteiger partial charge < -0.3 is 9.13 Å². The maximum absolute atomic E-state index is 2.46. The third-order valence-electron chi connectivity index (χ3n) is 13.1. The van der Waals surface area contributed by atoms with Gasteiger partial charge in [0.05, 0.1) is 27.5 Å². The maximum atomic E-state index is 2.46. The largest absolute Gasteiger partial charge is 0.309 e. The highest BCUT2D eigenvalue weighted by Crippen LogP contribution is 2.47. The zero-order valence-electron chi connectivity index (χ0n) is 34.6. The molecule has 0 amide bonds. The van der Waals surface area contributed by atoms with E-state index in [-0.39, 0.29) is 0 Å². The Morgan fingerprint density at radius 1 is 0.222 bits per heavy atom. The molecule has 0 saturated heterocycles. The smallest absolute Gasteiger partial charge is 0.0701 e. The van der Waals surface area contributed by atoms with Gasteiger partial charge in [-0.25, -0.2) is 0 Å². The van der Waals surface area contributed by atoms with Crippen molar-refractivity contribution in [2.75, 3.05) is 0 Å². The van der Waals surface area contributed by atoms with E-state index in [2.05, 4.69) is 264 Å². The second kappa shape index (κ2) is 15.1. The van der Waals surface area contributed by atoms with Crippen molar-refractivity contribution < 1.29 is 0 Å². The molecule has 10 aromatic carbocycles. The van der Waals surface area contributed by atoms with Crippen LogP contribution in [0.15, 0.2) is 255 Å². The molecule has 12 aromatic rings. The molecule has 0 aliphatic heterocycles. The van der Waals surface area contributed by atoms with E-state index < -0.39 is 5.41 Å². The van der Waals surface area contributed by atoms with Crippen molar-refractivity contribution in [2.24, 2.45) is 0 Å². The quantitative estimate of drug-likeness (QED) is 0.135. The predicted octanol–water partition coefficient (Wildman–Crippen LogP) is 15.6. The zero-order valence-corrected chi connectivity index (χ0v) is 34.6. The summed E-state index contributed by atoms with van der Waals surface area (Å²) in [6.07, 6.45) is 0. The number of aromatic nitrogens is 2. The number of rotatable bonds is 8. The Labute approximate surface area is 367 Å². The van der Waals surface area contributed by atoms with Crippen LogP contribution in [0, 0.1) is 0 Å². The molecule has 0 fully saturated rings. The van der Waals surface area contributed by atoms with E-state index in [9.17, 15) is 0 Å². The molecule has 296 valence electrons. The minimum absolute atomic E-state index is 0.550. The maximum Gasteiger partial charge on any atom is 0.0701 e. The van der Waals surface area contributed by atoms with Crippen molar-refractivity contribution in [1.29, 1.82) is 0 Å². The first kappa shape index (κ1) is 36.6. The van der Waals surface area contributed by atoms with Gasteiger partial charge in [-0.2, -0.15) is 0 Å². The van der Waals surface area contributed by atoms with Gasteiger partial charge in [0.25, 0.3) is 0 Å². The summed E-state index contributed by atoms with van der Waals surface area (Å²) in [5.74, 6) is 0. The molecule has 63 heavy (non-hydrogen) atoms. The minimum Gasteiger partial charge on any atom is -0.309 e. The molecule has 0 aliphatic carbocycles. The molecule has 2 heteroatoms. The highest BCUT2D eigenvalue weighted by molar-refractivity contribution is 6.12. The Bertz CT molecular complexity index is 3470. The van der Waals surface area contributed by atoms with Crippen LogP contribution in [0.4, 0.5) is 0 Å². The van der Waals surface area contributed by atoms with Crippen molar-refractivity contribution in [3.05, 3.63) is 277 Å². The molecule has 0 unspecified atom stereocenters. The van der Waals surface area contributed by atoms with Crippen LogP contribution in [0.3, 0.4) is 0 Å². The Morgan fingerprint density at radius 3 is 1.02 bits per heavy atom. The Hall–Kier alpha value is -8.20. The van der Waals surface area contributed by atoms with E-state index >= 15 is 0 Å². The summed E-state index contributed by atoms with van der Waals surface area (Å²) in [6.45, 7) is 0. The summed E-state index contributed by atoms with van der Waals surface area (Å²) in [5, 5.41) is 4.96. The number of hydrogen-bond acceptors (Lipinski definition) is 0. The zero-order chi connectivity index (χ0) is 41.7. The lowest BCUT2D eigenvalue weighted by molar-refractivity contribution is 0.746. The lowest BCUT2D eigenvalue weighted by Crippen LogP contribution is -2.30. The first-order chi connectivity index (χ1) is 31.3. The standard InChI is InChI=1S/C61H42N2/c1-6-18-47(19-7-1)61(48-20-8-2-9-21-48,49-22-10-3-11-23-49)50-36-39-60-56(42-50)55-41-46(35-38-59(55)63(60)52-26-14-5-15-27-52)44-32-30-43(31-33-44)45-34-37-58-54(40-45)53-28-16-17-29-57(53)62(58)51-24-12-4-13-25-51/h1-42H. The fourth-order valence-corrected chi connectivity index (χ4v) is 10.2. The highest BCUT2D eigenvalue weighted by Gasteiger charge is 2.38. The van der Waals surface area contributed by atoms with Crippen molar-refractivity contribution >= 4 is 43.6 Å². The molecule has 0 radical (unpaired) electrons. The fraction of sp³-hybridized carbons (Fsp3) is 0.0164. The van der Waals surface area contributed by atoms with E-state index in [1.54, 1.807) is 0 Å². The normalized spacial score (nSPS) is 11.8. The highest BCUT2D eigenvalue weighted by atomic mass is 15.0. The van der Waals surface area contributed by atoms with E-state index in [0.29, 0.717) is 0 Å². The van der Waals surface area contributed by atoms with Gasteiger partial charge in [-0.1, -0.05) is 188 Å². The van der Waals surface area contributed by atoms with E-state index in [1.165, 1.54) is 93.8 Å². The molecule has 0 spiro atoms. The molecule has 0 saturated carbocycles. The van der Waals surface area contributed by atoms with Crippen LogP contribution in [-0.2, 0) is 5.41 Å². The Morgan fingerprint density at radius 2 is 0.556 bits per heavy atom. The molecule has 12 rings (SSSR count). The predicted molar refractivity (Wildman–Crippen MR) is 264 cm³/mol. The number of fused-ring (bicyclic) bond motifs is 6. The molecule has 0 aliphatic rings. The second-order valence-electron chi connectivity index (χ2n) is 16.5. The molecule has 2 aromatic heterocycles. The molecular weight excluding hydrogens is 761 g/mol.